The van der Waals surface area contributed by atoms with Gasteiger partial charge in [0.05, 0.1) is 6.61 Å². The van der Waals surface area contributed by atoms with Crippen LogP contribution in [0.3, 0.4) is 0 Å². The standard InChI is InChI=1S/C16H20ClNOS/c1-19-8-7-18-11-14(10-13-6-9-20-12-13)15-4-2-3-5-16(15)17/h2-6,9,12,14,18H,7-8,10-11H2,1H3. The Balaban J connectivity index is 2.05. The van der Waals surface area contributed by atoms with E-state index < -0.39 is 0 Å². The van der Waals surface area contributed by atoms with Crippen molar-refractivity contribution in [3.8, 4) is 0 Å². The van der Waals surface area contributed by atoms with Crippen molar-refractivity contribution in [3.05, 3.63) is 57.2 Å². The van der Waals surface area contributed by atoms with Crippen LogP contribution < -0.4 is 5.32 Å². The van der Waals surface area contributed by atoms with Gasteiger partial charge in [-0.3, -0.25) is 0 Å². The Morgan fingerprint density at radius 1 is 1.30 bits per heavy atom. The van der Waals surface area contributed by atoms with Crippen LogP contribution in [0.1, 0.15) is 17.0 Å². The monoisotopic (exact) mass is 309 g/mol. The fourth-order valence-corrected chi connectivity index (χ4v) is 3.21. The molecule has 4 heteroatoms. The first-order chi connectivity index (χ1) is 9.81. The van der Waals surface area contributed by atoms with Crippen molar-refractivity contribution in [2.75, 3.05) is 26.8 Å². The molecule has 20 heavy (non-hydrogen) atoms. The first-order valence-electron chi connectivity index (χ1n) is 6.76. The number of nitrogens with one attached hydrogen (secondary N) is 1. The number of halogens is 1. The van der Waals surface area contributed by atoms with Gasteiger partial charge in [0.25, 0.3) is 0 Å². The minimum absolute atomic E-state index is 0.384. The molecule has 0 bridgehead atoms. The maximum absolute atomic E-state index is 6.35. The van der Waals surface area contributed by atoms with E-state index in [1.165, 1.54) is 11.1 Å². The quantitative estimate of drug-likeness (QED) is 0.745. The summed E-state index contributed by atoms with van der Waals surface area (Å²) in [6, 6.07) is 10.3. The number of thiophene rings is 1. The Bertz CT molecular complexity index is 501. The van der Waals surface area contributed by atoms with E-state index >= 15 is 0 Å². The lowest BCUT2D eigenvalue weighted by Gasteiger charge is -2.19. The second-order valence-electron chi connectivity index (χ2n) is 4.75. The lowest BCUT2D eigenvalue weighted by atomic mass is 9.93. The Morgan fingerprint density at radius 2 is 2.15 bits per heavy atom. The van der Waals surface area contributed by atoms with Gasteiger partial charge in [-0.1, -0.05) is 29.8 Å². The zero-order chi connectivity index (χ0) is 14.2. The van der Waals surface area contributed by atoms with Gasteiger partial charge in [0.15, 0.2) is 0 Å². The van der Waals surface area contributed by atoms with E-state index in [-0.39, 0.29) is 0 Å². The Hall–Kier alpha value is -0.870. The van der Waals surface area contributed by atoms with Crippen molar-refractivity contribution in [2.24, 2.45) is 0 Å². The fraction of sp³-hybridized carbons (Fsp3) is 0.375. The molecule has 0 aliphatic rings. The number of rotatable bonds is 8. The number of methoxy groups -OCH3 is 1. The van der Waals surface area contributed by atoms with Gasteiger partial charge in [0.2, 0.25) is 0 Å². The van der Waals surface area contributed by atoms with Gasteiger partial charge in [0, 0.05) is 31.1 Å². The van der Waals surface area contributed by atoms with Gasteiger partial charge in [-0.2, -0.15) is 11.3 Å². The van der Waals surface area contributed by atoms with Gasteiger partial charge in [-0.15, -0.1) is 0 Å². The van der Waals surface area contributed by atoms with E-state index in [1.54, 1.807) is 18.4 Å². The minimum atomic E-state index is 0.384. The molecule has 2 nitrogen and oxygen atoms in total. The normalized spacial score (nSPS) is 12.5. The second kappa shape index (κ2) is 8.42. The van der Waals surface area contributed by atoms with E-state index in [1.807, 2.05) is 12.1 Å². The van der Waals surface area contributed by atoms with E-state index in [2.05, 4.69) is 34.3 Å². The summed E-state index contributed by atoms with van der Waals surface area (Å²) in [5, 5.41) is 8.62. The Morgan fingerprint density at radius 3 is 2.85 bits per heavy atom. The number of hydrogen-bond donors (Lipinski definition) is 1. The van der Waals surface area contributed by atoms with Crippen LogP contribution in [-0.4, -0.2) is 26.8 Å². The zero-order valence-electron chi connectivity index (χ0n) is 11.6. The molecule has 1 atom stereocenters. The van der Waals surface area contributed by atoms with Crippen LogP contribution in [0.15, 0.2) is 41.1 Å². The number of benzene rings is 1. The van der Waals surface area contributed by atoms with E-state index in [0.29, 0.717) is 5.92 Å². The molecular weight excluding hydrogens is 290 g/mol. The highest BCUT2D eigenvalue weighted by Crippen LogP contribution is 2.27. The molecule has 1 aromatic heterocycles. The Kier molecular flexibility index (Phi) is 6.54. The molecule has 1 unspecified atom stereocenters. The predicted molar refractivity (Wildman–Crippen MR) is 87.0 cm³/mol. The molecule has 0 aliphatic carbocycles. The molecular formula is C16H20ClNOS. The first kappa shape index (κ1) is 15.5. The third kappa shape index (κ3) is 4.60. The fourth-order valence-electron chi connectivity index (χ4n) is 2.24. The number of hydrogen-bond acceptors (Lipinski definition) is 3. The molecule has 108 valence electrons. The largest absolute Gasteiger partial charge is 0.383 e. The van der Waals surface area contributed by atoms with Gasteiger partial charge < -0.3 is 10.1 Å². The first-order valence-corrected chi connectivity index (χ1v) is 8.08. The topological polar surface area (TPSA) is 21.3 Å². The van der Waals surface area contributed by atoms with Gasteiger partial charge in [0.1, 0.15) is 0 Å². The molecule has 0 amide bonds. The van der Waals surface area contributed by atoms with Crippen LogP contribution in [0.2, 0.25) is 5.02 Å². The molecule has 0 saturated heterocycles. The average molecular weight is 310 g/mol. The summed E-state index contributed by atoms with van der Waals surface area (Å²) in [5.74, 6) is 0.384. The third-order valence-corrected chi connectivity index (χ3v) is 4.36. The van der Waals surface area contributed by atoms with Gasteiger partial charge in [-0.25, -0.2) is 0 Å². The predicted octanol–water partition coefficient (Wildman–Crippen LogP) is 3.96. The maximum atomic E-state index is 6.35. The summed E-state index contributed by atoms with van der Waals surface area (Å²) < 4.78 is 5.07. The molecule has 0 saturated carbocycles. The molecule has 2 rings (SSSR count). The zero-order valence-corrected chi connectivity index (χ0v) is 13.2. The Labute approximate surface area is 129 Å². The van der Waals surface area contributed by atoms with Crippen molar-refractivity contribution < 1.29 is 4.74 Å². The van der Waals surface area contributed by atoms with E-state index in [4.69, 9.17) is 16.3 Å². The molecule has 0 aliphatic heterocycles. The highest BCUT2D eigenvalue weighted by Gasteiger charge is 2.15. The summed E-state index contributed by atoms with van der Waals surface area (Å²) in [4.78, 5) is 0. The molecule has 0 radical (unpaired) electrons. The van der Waals surface area contributed by atoms with Crippen LogP contribution in [0.4, 0.5) is 0 Å². The lowest BCUT2D eigenvalue weighted by Crippen LogP contribution is -2.26. The lowest BCUT2D eigenvalue weighted by molar-refractivity contribution is 0.199. The molecule has 1 aromatic carbocycles. The summed E-state index contributed by atoms with van der Waals surface area (Å²) in [6.45, 7) is 2.50. The molecule has 1 heterocycles. The van der Waals surface area contributed by atoms with Crippen LogP contribution in [0.25, 0.3) is 0 Å². The SMILES string of the molecule is COCCNCC(Cc1ccsc1)c1ccccc1Cl. The van der Waals surface area contributed by atoms with Crippen molar-refractivity contribution in [1.29, 1.82) is 0 Å². The highest BCUT2D eigenvalue weighted by molar-refractivity contribution is 7.07. The number of ether oxygens (including phenoxy) is 1. The molecule has 0 spiro atoms. The van der Waals surface area contributed by atoms with Crippen molar-refractivity contribution >= 4 is 22.9 Å². The summed E-state index contributed by atoms with van der Waals surface area (Å²) in [6.07, 6.45) is 1.01. The minimum Gasteiger partial charge on any atom is -0.383 e. The van der Waals surface area contributed by atoms with Gasteiger partial charge >= 0.3 is 0 Å². The van der Waals surface area contributed by atoms with Crippen molar-refractivity contribution in [1.82, 2.24) is 5.32 Å². The summed E-state index contributed by atoms with van der Waals surface area (Å²) in [5.41, 5.74) is 2.58. The second-order valence-corrected chi connectivity index (χ2v) is 5.94. The van der Waals surface area contributed by atoms with Crippen LogP contribution in [-0.2, 0) is 11.2 Å². The van der Waals surface area contributed by atoms with Crippen molar-refractivity contribution in [2.45, 2.75) is 12.3 Å². The van der Waals surface area contributed by atoms with Crippen LogP contribution >= 0.6 is 22.9 Å². The summed E-state index contributed by atoms with van der Waals surface area (Å²) in [7, 11) is 1.72. The average Bonchev–Trinajstić information content (AvgIpc) is 2.96. The van der Waals surface area contributed by atoms with Crippen LogP contribution in [0.5, 0.6) is 0 Å². The van der Waals surface area contributed by atoms with E-state index in [0.717, 1.165) is 31.1 Å². The third-order valence-electron chi connectivity index (χ3n) is 3.28. The van der Waals surface area contributed by atoms with Crippen LogP contribution in [0, 0.1) is 0 Å². The summed E-state index contributed by atoms with van der Waals surface area (Å²) >= 11 is 8.09. The van der Waals surface area contributed by atoms with Gasteiger partial charge in [-0.05, 0) is 40.4 Å². The smallest absolute Gasteiger partial charge is 0.0587 e. The molecule has 1 N–H and O–H groups in total. The van der Waals surface area contributed by atoms with Crippen molar-refractivity contribution in [3.63, 3.8) is 0 Å². The highest BCUT2D eigenvalue weighted by atomic mass is 35.5. The molecule has 2 aromatic rings. The van der Waals surface area contributed by atoms with E-state index in [9.17, 15) is 0 Å². The maximum Gasteiger partial charge on any atom is 0.0587 e. The molecule has 0 fully saturated rings.